The van der Waals surface area contributed by atoms with Crippen LogP contribution in [0.5, 0.6) is 5.75 Å². The molecule has 2 heterocycles. The van der Waals surface area contributed by atoms with Crippen LogP contribution < -0.4 is 4.74 Å². The summed E-state index contributed by atoms with van der Waals surface area (Å²) in [4.78, 5) is 18.4. The smallest absolute Gasteiger partial charge is 0.341 e. The summed E-state index contributed by atoms with van der Waals surface area (Å²) < 4.78 is 53.4. The van der Waals surface area contributed by atoms with Crippen molar-refractivity contribution in [3.8, 4) is 16.3 Å². The number of halogens is 1. The average Bonchev–Trinajstić information content (AvgIpc) is 3.12. The number of likely N-dealkylation sites (N-methyl/N-ethyl adjacent to an activating group) is 1. The van der Waals surface area contributed by atoms with Crippen LogP contribution in [0.2, 0.25) is 0 Å². The van der Waals surface area contributed by atoms with Gasteiger partial charge in [0.2, 0.25) is 0 Å². The van der Waals surface area contributed by atoms with Crippen molar-refractivity contribution in [3.63, 3.8) is 0 Å². The number of thiazole rings is 1. The fourth-order valence-electron chi connectivity index (χ4n) is 2.58. The number of aromatic nitrogens is 1. The summed E-state index contributed by atoms with van der Waals surface area (Å²) in [6.45, 7) is 0.454. The lowest BCUT2D eigenvalue weighted by molar-refractivity contribution is -0.0403. The second-order valence-corrected chi connectivity index (χ2v) is 7.08. The summed E-state index contributed by atoms with van der Waals surface area (Å²) in [7, 11) is 1.17. The number of ether oxygens (including phenoxy) is 3. The van der Waals surface area contributed by atoms with Crippen molar-refractivity contribution in [2.24, 2.45) is 0 Å². The molecule has 6 nitrogen and oxygen atoms in total. The van der Waals surface area contributed by atoms with E-state index in [1.54, 1.807) is 6.20 Å². The van der Waals surface area contributed by atoms with Crippen LogP contribution in [0.4, 0.5) is 4.39 Å². The van der Waals surface area contributed by atoms with Gasteiger partial charge in [-0.1, -0.05) is 0 Å². The fourth-order valence-corrected chi connectivity index (χ4v) is 3.36. The Hall–Kier alpha value is -2.03. The first-order chi connectivity index (χ1) is 13.7. The van der Waals surface area contributed by atoms with E-state index in [9.17, 15) is 9.18 Å². The number of methoxy groups -OCH3 is 1. The molecule has 1 aromatic heterocycles. The van der Waals surface area contributed by atoms with Gasteiger partial charge < -0.3 is 19.1 Å². The van der Waals surface area contributed by atoms with Crippen LogP contribution in [-0.4, -0.2) is 62.3 Å². The highest BCUT2D eigenvalue weighted by Crippen LogP contribution is 2.33. The summed E-state index contributed by atoms with van der Waals surface area (Å²) in [6, 6.07) is 2.72. The number of esters is 1. The topological polar surface area (TPSA) is 60.9 Å². The number of rotatable bonds is 5. The van der Waals surface area contributed by atoms with E-state index in [0.29, 0.717) is 11.6 Å². The van der Waals surface area contributed by atoms with Gasteiger partial charge >= 0.3 is 5.97 Å². The molecular weight excluding hydrogens is 359 g/mol. The average molecular weight is 383 g/mol. The highest BCUT2D eigenvalue weighted by Gasteiger charge is 2.22. The van der Waals surface area contributed by atoms with Crippen LogP contribution in [0.3, 0.4) is 0 Å². The van der Waals surface area contributed by atoms with Crippen LogP contribution >= 0.6 is 11.3 Å². The zero-order valence-corrected chi connectivity index (χ0v) is 15.3. The number of benzene rings is 1. The van der Waals surface area contributed by atoms with Crippen molar-refractivity contribution in [1.82, 2.24) is 9.88 Å². The normalized spacial score (nSPS) is 20.1. The SMILES string of the molecule is [2H]C([2H])([2H])N1CCO[C@@H](COc2cc(C(=O)OC)c(F)c(-c3ncc(C)s3)c2)C1. The molecule has 1 aliphatic rings. The highest BCUT2D eigenvalue weighted by molar-refractivity contribution is 7.14. The lowest BCUT2D eigenvalue weighted by Gasteiger charge is -2.29. The third-order valence-corrected chi connectivity index (χ3v) is 4.82. The number of nitrogens with zero attached hydrogens (tertiary/aromatic N) is 2. The molecule has 0 aliphatic carbocycles. The Morgan fingerprint density at radius 3 is 3.12 bits per heavy atom. The van der Waals surface area contributed by atoms with E-state index >= 15 is 0 Å². The van der Waals surface area contributed by atoms with Crippen LogP contribution in [0, 0.1) is 12.7 Å². The summed E-state index contributed by atoms with van der Waals surface area (Å²) in [5.41, 5.74) is -0.129. The number of carbonyl (C=O) groups excluding carboxylic acids is 1. The number of carbonyl (C=O) groups is 1. The van der Waals surface area contributed by atoms with E-state index in [1.807, 2.05) is 6.92 Å². The third kappa shape index (κ3) is 4.20. The van der Waals surface area contributed by atoms with Gasteiger partial charge in [-0.15, -0.1) is 11.3 Å². The standard InChI is InChI=1S/C18H21FN2O4S/c1-11-8-20-17(26-11)14-6-12(7-15(16(14)19)18(22)23-3)25-10-13-9-21(2)4-5-24-13/h6-8,13H,4-5,9-10H2,1-3H3/t13-/m1/s1/i2D3. The molecule has 0 spiro atoms. The van der Waals surface area contributed by atoms with Gasteiger partial charge in [-0.05, 0) is 26.0 Å². The first-order valence-corrected chi connectivity index (χ1v) is 8.85. The van der Waals surface area contributed by atoms with E-state index < -0.39 is 24.9 Å². The largest absolute Gasteiger partial charge is 0.491 e. The van der Waals surface area contributed by atoms with Crippen molar-refractivity contribution in [1.29, 1.82) is 0 Å². The van der Waals surface area contributed by atoms with E-state index in [-0.39, 0.29) is 36.6 Å². The molecule has 1 atom stereocenters. The van der Waals surface area contributed by atoms with Gasteiger partial charge in [0.05, 0.1) is 24.8 Å². The first kappa shape index (κ1) is 15.1. The van der Waals surface area contributed by atoms with Crippen molar-refractivity contribution in [2.75, 3.05) is 40.4 Å². The number of morpholine rings is 1. The molecule has 0 unspecified atom stereocenters. The predicted molar refractivity (Wildman–Crippen MR) is 96.3 cm³/mol. The molecule has 1 saturated heterocycles. The Morgan fingerprint density at radius 2 is 2.42 bits per heavy atom. The van der Waals surface area contributed by atoms with E-state index in [0.717, 1.165) is 4.88 Å². The summed E-state index contributed by atoms with van der Waals surface area (Å²) in [5.74, 6) is -1.32. The Morgan fingerprint density at radius 1 is 1.58 bits per heavy atom. The van der Waals surface area contributed by atoms with Gasteiger partial charge in [0.15, 0.2) is 0 Å². The zero-order valence-electron chi connectivity index (χ0n) is 17.5. The monoisotopic (exact) mass is 383 g/mol. The third-order valence-electron chi connectivity index (χ3n) is 3.88. The maximum absolute atomic E-state index is 14.9. The van der Waals surface area contributed by atoms with E-state index in [4.69, 9.17) is 13.6 Å². The molecule has 1 fully saturated rings. The molecule has 1 aliphatic heterocycles. The summed E-state index contributed by atoms with van der Waals surface area (Å²) in [6.07, 6.45) is 1.14. The van der Waals surface area contributed by atoms with Gasteiger partial charge in [0, 0.05) is 28.3 Å². The first-order valence-electron chi connectivity index (χ1n) is 9.53. The van der Waals surface area contributed by atoms with Crippen LogP contribution in [0.15, 0.2) is 18.3 Å². The highest BCUT2D eigenvalue weighted by atomic mass is 32.1. The zero-order chi connectivity index (χ0) is 21.2. The molecule has 140 valence electrons. The molecule has 0 radical (unpaired) electrons. The summed E-state index contributed by atoms with van der Waals surface area (Å²) in [5, 5.41) is 0.415. The Kier molecular flexibility index (Phi) is 4.70. The van der Waals surface area contributed by atoms with Crippen LogP contribution in [0.1, 0.15) is 19.3 Å². The number of hydrogen-bond donors (Lipinski definition) is 0. The molecular formula is C18H21FN2O4S. The van der Waals surface area contributed by atoms with Crippen LogP contribution in [0.25, 0.3) is 10.6 Å². The minimum Gasteiger partial charge on any atom is -0.491 e. The molecule has 2 aromatic rings. The number of hydrogen-bond acceptors (Lipinski definition) is 7. The Labute approximate surface area is 159 Å². The molecule has 1 aromatic carbocycles. The lowest BCUT2D eigenvalue weighted by atomic mass is 10.1. The van der Waals surface area contributed by atoms with Crippen molar-refractivity contribution >= 4 is 17.3 Å². The van der Waals surface area contributed by atoms with Crippen molar-refractivity contribution < 1.29 is 27.5 Å². The molecule has 0 saturated carbocycles. The molecule has 8 heteroatoms. The van der Waals surface area contributed by atoms with E-state index in [2.05, 4.69) is 9.72 Å². The van der Waals surface area contributed by atoms with Crippen LogP contribution in [-0.2, 0) is 9.47 Å². The quantitative estimate of drug-likeness (QED) is 0.740. The van der Waals surface area contributed by atoms with Gasteiger partial charge in [0.25, 0.3) is 0 Å². The summed E-state index contributed by atoms with van der Waals surface area (Å²) >= 11 is 1.29. The van der Waals surface area contributed by atoms with Gasteiger partial charge in [-0.3, -0.25) is 0 Å². The predicted octanol–water partition coefficient (Wildman–Crippen LogP) is 2.75. The molecule has 0 amide bonds. The second kappa shape index (κ2) is 8.11. The van der Waals surface area contributed by atoms with Gasteiger partial charge in [-0.2, -0.15) is 0 Å². The maximum atomic E-state index is 14.9. The fraction of sp³-hybridized carbons (Fsp3) is 0.444. The maximum Gasteiger partial charge on any atom is 0.341 e. The molecule has 0 bridgehead atoms. The molecule has 26 heavy (non-hydrogen) atoms. The minimum atomic E-state index is -2.20. The molecule has 3 rings (SSSR count). The Bertz CT molecular complexity index is 890. The lowest BCUT2D eigenvalue weighted by Crippen LogP contribution is -2.42. The molecule has 0 N–H and O–H groups in total. The van der Waals surface area contributed by atoms with Gasteiger partial charge in [-0.25, -0.2) is 14.2 Å². The Balaban J connectivity index is 1.82. The van der Waals surface area contributed by atoms with Crippen molar-refractivity contribution in [3.05, 3.63) is 34.6 Å². The van der Waals surface area contributed by atoms with Crippen molar-refractivity contribution in [2.45, 2.75) is 13.0 Å². The van der Waals surface area contributed by atoms with E-state index in [1.165, 1.54) is 35.5 Å². The van der Waals surface area contributed by atoms with Gasteiger partial charge in [0.1, 0.15) is 29.3 Å². The number of aryl methyl sites for hydroxylation is 1. The second-order valence-electron chi connectivity index (χ2n) is 5.85. The minimum absolute atomic E-state index is 0.0508.